The van der Waals surface area contributed by atoms with Gasteiger partial charge >= 0.3 is 6.03 Å². The topological polar surface area (TPSA) is 115 Å². The Hall–Kier alpha value is -4.18. The number of benzene rings is 3. The van der Waals surface area contributed by atoms with Gasteiger partial charge in [-0.3, -0.25) is 14.7 Å². The number of nitro groups is 1. The zero-order valence-corrected chi connectivity index (χ0v) is 19.2. The van der Waals surface area contributed by atoms with Gasteiger partial charge in [-0.15, -0.1) is 10.2 Å². The van der Waals surface area contributed by atoms with Gasteiger partial charge in [-0.2, -0.15) is 0 Å². The lowest BCUT2D eigenvalue weighted by Crippen LogP contribution is -2.29. The number of anilines is 1. The molecule has 4 rings (SSSR count). The Balaban J connectivity index is 1.54. The highest BCUT2D eigenvalue weighted by Gasteiger charge is 2.17. The summed E-state index contributed by atoms with van der Waals surface area (Å²) in [5, 5.41) is 25.9. The first kappa shape index (κ1) is 23.0. The fraction of sp³-hybridized carbons (Fsp3) is 0.125. The van der Waals surface area contributed by atoms with Crippen molar-refractivity contribution >= 4 is 29.2 Å². The van der Waals surface area contributed by atoms with Gasteiger partial charge in [0.15, 0.2) is 11.0 Å². The van der Waals surface area contributed by atoms with E-state index in [1.807, 2.05) is 61.5 Å². The van der Waals surface area contributed by atoms with Crippen LogP contribution >= 0.6 is 11.8 Å². The second-order valence-electron chi connectivity index (χ2n) is 7.40. The maximum absolute atomic E-state index is 12.5. The average Bonchev–Trinajstić information content (AvgIpc) is 3.26. The summed E-state index contributed by atoms with van der Waals surface area (Å²) in [4.78, 5) is 23.1. The predicted octanol–water partition coefficient (Wildman–Crippen LogP) is 5.10. The Bertz CT molecular complexity index is 1290. The molecule has 0 aliphatic rings. The lowest BCUT2D eigenvalue weighted by atomic mass is 10.2. The van der Waals surface area contributed by atoms with E-state index in [0.29, 0.717) is 22.4 Å². The van der Waals surface area contributed by atoms with E-state index in [0.717, 1.165) is 16.8 Å². The van der Waals surface area contributed by atoms with Crippen LogP contribution in [0.2, 0.25) is 0 Å². The van der Waals surface area contributed by atoms with Crippen molar-refractivity contribution in [2.75, 3.05) is 5.32 Å². The molecule has 1 aromatic heterocycles. The monoisotopic (exact) mass is 474 g/mol. The van der Waals surface area contributed by atoms with E-state index >= 15 is 0 Å². The molecule has 0 aliphatic heterocycles. The lowest BCUT2D eigenvalue weighted by Gasteiger charge is -2.12. The minimum Gasteiger partial charge on any atom is -0.331 e. The van der Waals surface area contributed by atoms with Gasteiger partial charge in [0.05, 0.1) is 11.5 Å². The largest absolute Gasteiger partial charge is 0.331 e. The number of rotatable bonds is 8. The molecule has 0 fully saturated rings. The van der Waals surface area contributed by atoms with Crippen molar-refractivity contribution in [2.45, 2.75) is 24.4 Å². The molecule has 2 N–H and O–H groups in total. The van der Waals surface area contributed by atoms with Crippen molar-refractivity contribution in [3.8, 4) is 5.69 Å². The maximum atomic E-state index is 12.5. The van der Waals surface area contributed by atoms with Crippen LogP contribution in [0.3, 0.4) is 0 Å². The van der Waals surface area contributed by atoms with Crippen LogP contribution in [0.4, 0.5) is 16.2 Å². The number of nitrogens with one attached hydrogen (secondary N) is 2. The standard InChI is InChI=1S/C24H22N6O3S/c1-17-7-5-6-10-21(17)26-23(31)25-15-22-27-28-24(34-16-18-8-3-2-4-9-18)29(22)19-11-13-20(14-12-19)30(32)33/h2-14H,15-16H2,1H3,(H2,25,26,31). The molecular weight excluding hydrogens is 452 g/mol. The van der Waals surface area contributed by atoms with E-state index in [4.69, 9.17) is 0 Å². The summed E-state index contributed by atoms with van der Waals surface area (Å²) in [5.41, 5.74) is 3.46. The molecule has 2 amide bonds. The summed E-state index contributed by atoms with van der Waals surface area (Å²) in [6.07, 6.45) is 0. The SMILES string of the molecule is Cc1ccccc1NC(=O)NCc1nnc(SCc2ccccc2)n1-c1ccc([N+](=O)[O-])cc1. The molecule has 0 aliphatic carbocycles. The summed E-state index contributed by atoms with van der Waals surface area (Å²) in [7, 11) is 0. The van der Waals surface area contributed by atoms with Gasteiger partial charge in [0, 0.05) is 29.3 Å². The van der Waals surface area contributed by atoms with Gasteiger partial charge in [-0.1, -0.05) is 60.3 Å². The van der Waals surface area contributed by atoms with Crippen LogP contribution in [0.15, 0.2) is 84.0 Å². The molecule has 0 saturated heterocycles. The Morgan fingerprint density at radius 1 is 1.00 bits per heavy atom. The summed E-state index contributed by atoms with van der Waals surface area (Å²) in [6, 6.07) is 23.2. The van der Waals surface area contributed by atoms with E-state index in [1.165, 1.54) is 23.9 Å². The van der Waals surface area contributed by atoms with Crippen molar-refractivity contribution in [2.24, 2.45) is 0 Å². The van der Waals surface area contributed by atoms with Gasteiger partial charge in [0.25, 0.3) is 5.69 Å². The molecule has 0 unspecified atom stereocenters. The highest BCUT2D eigenvalue weighted by molar-refractivity contribution is 7.98. The molecule has 0 bridgehead atoms. The minimum absolute atomic E-state index is 0.00685. The third kappa shape index (κ3) is 5.59. The Labute approximate surface area is 200 Å². The molecule has 9 nitrogen and oxygen atoms in total. The Morgan fingerprint density at radius 2 is 1.71 bits per heavy atom. The van der Waals surface area contributed by atoms with Crippen molar-refractivity contribution in [3.05, 3.63) is 106 Å². The number of thioether (sulfide) groups is 1. The average molecular weight is 475 g/mol. The number of hydrogen-bond acceptors (Lipinski definition) is 6. The highest BCUT2D eigenvalue weighted by atomic mass is 32.2. The summed E-state index contributed by atoms with van der Waals surface area (Å²) >= 11 is 1.49. The second kappa shape index (κ2) is 10.6. The van der Waals surface area contributed by atoms with Gasteiger partial charge in [0.2, 0.25) is 0 Å². The van der Waals surface area contributed by atoms with Gasteiger partial charge < -0.3 is 10.6 Å². The van der Waals surface area contributed by atoms with Crippen molar-refractivity contribution in [1.82, 2.24) is 20.1 Å². The van der Waals surface area contributed by atoms with Crippen LogP contribution in [-0.4, -0.2) is 25.7 Å². The van der Waals surface area contributed by atoms with Gasteiger partial charge in [-0.25, -0.2) is 4.79 Å². The molecule has 0 atom stereocenters. The number of non-ortho nitro benzene ring substituents is 1. The Morgan fingerprint density at radius 3 is 2.41 bits per heavy atom. The molecule has 3 aromatic carbocycles. The number of aryl methyl sites for hydroxylation is 1. The van der Waals surface area contributed by atoms with Crippen molar-refractivity contribution in [3.63, 3.8) is 0 Å². The normalized spacial score (nSPS) is 10.6. The zero-order valence-electron chi connectivity index (χ0n) is 18.3. The maximum Gasteiger partial charge on any atom is 0.319 e. The van der Waals surface area contributed by atoms with E-state index in [-0.39, 0.29) is 18.3 Å². The number of amides is 2. The van der Waals surface area contributed by atoms with Gasteiger partial charge in [0.1, 0.15) is 0 Å². The van der Waals surface area contributed by atoms with E-state index < -0.39 is 4.92 Å². The molecule has 10 heteroatoms. The smallest absolute Gasteiger partial charge is 0.319 e. The highest BCUT2D eigenvalue weighted by Crippen LogP contribution is 2.26. The van der Waals surface area contributed by atoms with Crippen molar-refractivity contribution < 1.29 is 9.72 Å². The third-order valence-electron chi connectivity index (χ3n) is 5.03. The number of carbonyl (C=O) groups excluding carboxylic acids is 1. The van der Waals surface area contributed by atoms with Crippen LogP contribution in [0.1, 0.15) is 17.0 Å². The van der Waals surface area contributed by atoms with Crippen LogP contribution in [-0.2, 0) is 12.3 Å². The number of aromatic nitrogens is 3. The molecule has 34 heavy (non-hydrogen) atoms. The zero-order chi connectivity index (χ0) is 23.9. The number of carbonyl (C=O) groups is 1. The van der Waals surface area contributed by atoms with Crippen LogP contribution in [0.5, 0.6) is 0 Å². The number of nitro benzene ring substituents is 1. The van der Waals surface area contributed by atoms with Crippen molar-refractivity contribution in [1.29, 1.82) is 0 Å². The molecule has 172 valence electrons. The molecule has 0 spiro atoms. The number of urea groups is 1. The van der Waals surface area contributed by atoms with Crippen LogP contribution in [0.25, 0.3) is 5.69 Å². The number of hydrogen-bond donors (Lipinski definition) is 2. The molecule has 0 saturated carbocycles. The first-order valence-electron chi connectivity index (χ1n) is 10.5. The first-order chi connectivity index (χ1) is 16.5. The molecule has 1 heterocycles. The molecule has 0 radical (unpaired) electrons. The lowest BCUT2D eigenvalue weighted by molar-refractivity contribution is -0.384. The quantitative estimate of drug-likeness (QED) is 0.209. The molecular formula is C24H22N6O3S. The Kier molecular flexibility index (Phi) is 7.19. The molecule has 4 aromatic rings. The second-order valence-corrected chi connectivity index (χ2v) is 8.35. The van der Waals surface area contributed by atoms with Crippen LogP contribution in [0, 0.1) is 17.0 Å². The fourth-order valence-corrected chi connectivity index (χ4v) is 4.18. The minimum atomic E-state index is -0.445. The van der Waals surface area contributed by atoms with E-state index in [9.17, 15) is 14.9 Å². The predicted molar refractivity (Wildman–Crippen MR) is 131 cm³/mol. The summed E-state index contributed by atoms with van der Waals surface area (Å²) < 4.78 is 1.80. The summed E-state index contributed by atoms with van der Waals surface area (Å²) in [5.74, 6) is 1.18. The van der Waals surface area contributed by atoms with Crippen LogP contribution < -0.4 is 10.6 Å². The third-order valence-corrected chi connectivity index (χ3v) is 6.03. The number of nitrogens with zero attached hydrogens (tertiary/aromatic N) is 4. The number of para-hydroxylation sites is 1. The summed E-state index contributed by atoms with van der Waals surface area (Å²) in [6.45, 7) is 2.03. The van der Waals surface area contributed by atoms with Gasteiger partial charge in [-0.05, 0) is 36.2 Å². The van der Waals surface area contributed by atoms with E-state index in [1.54, 1.807) is 16.7 Å². The fourth-order valence-electron chi connectivity index (χ4n) is 3.25. The first-order valence-corrected chi connectivity index (χ1v) is 11.5. The van der Waals surface area contributed by atoms with E-state index in [2.05, 4.69) is 20.8 Å².